The van der Waals surface area contributed by atoms with E-state index in [1.54, 1.807) is 4.31 Å². The minimum atomic E-state index is -3.38. The number of nitrogens with one attached hydrogen (secondary N) is 1. The number of sulfonamides is 1. The quantitative estimate of drug-likeness (QED) is 0.906. The van der Waals surface area contributed by atoms with E-state index in [0.29, 0.717) is 29.8 Å². The zero-order valence-corrected chi connectivity index (χ0v) is 14.0. The second kappa shape index (κ2) is 5.07. The van der Waals surface area contributed by atoms with Crippen molar-refractivity contribution >= 4 is 10.0 Å². The van der Waals surface area contributed by atoms with Crippen LogP contribution in [-0.4, -0.2) is 38.9 Å². The first-order valence-electron chi connectivity index (χ1n) is 7.60. The van der Waals surface area contributed by atoms with Gasteiger partial charge in [0.2, 0.25) is 10.0 Å². The highest BCUT2D eigenvalue weighted by Gasteiger charge is 2.42. The van der Waals surface area contributed by atoms with Crippen LogP contribution < -0.4 is 5.32 Å². The van der Waals surface area contributed by atoms with Gasteiger partial charge in [0, 0.05) is 13.1 Å². The average molecular weight is 308 g/mol. The Morgan fingerprint density at radius 1 is 1.00 bits per heavy atom. The lowest BCUT2D eigenvalue weighted by atomic mass is 10.0. The molecule has 0 amide bonds. The Kier molecular flexibility index (Phi) is 3.62. The summed E-state index contributed by atoms with van der Waals surface area (Å²) < 4.78 is 27.9. The number of aryl methyl sites for hydroxylation is 2. The van der Waals surface area contributed by atoms with Crippen LogP contribution in [0.25, 0.3) is 0 Å². The summed E-state index contributed by atoms with van der Waals surface area (Å²) >= 11 is 0. The Labute approximate surface area is 127 Å². The molecule has 0 unspecified atom stereocenters. The van der Waals surface area contributed by atoms with Crippen molar-refractivity contribution in [2.75, 3.05) is 26.2 Å². The highest BCUT2D eigenvalue weighted by atomic mass is 32.2. The standard InChI is InChI=1S/C16H24N2O2S/c1-10-5-11(2)13(4)16(12(10)3)21(19,20)18-8-14-6-17-7-15(14)9-18/h5,14-15,17H,6-9H2,1-4H3/t14-,15+. The molecule has 2 atom stereocenters. The van der Waals surface area contributed by atoms with E-state index in [-0.39, 0.29) is 0 Å². The summed E-state index contributed by atoms with van der Waals surface area (Å²) in [6.45, 7) is 11.0. The van der Waals surface area contributed by atoms with Gasteiger partial charge in [-0.1, -0.05) is 6.07 Å². The van der Waals surface area contributed by atoms with Crippen molar-refractivity contribution in [3.8, 4) is 0 Å². The molecule has 2 heterocycles. The lowest BCUT2D eigenvalue weighted by Gasteiger charge is -2.22. The van der Waals surface area contributed by atoms with Crippen LogP contribution in [-0.2, 0) is 10.0 Å². The molecule has 2 fully saturated rings. The second-order valence-corrected chi connectivity index (χ2v) is 8.46. The SMILES string of the molecule is Cc1cc(C)c(C)c(S(=O)(=O)N2C[C@H]3CNC[C@H]3C2)c1C. The van der Waals surface area contributed by atoms with Crippen LogP contribution in [0, 0.1) is 39.5 Å². The van der Waals surface area contributed by atoms with Gasteiger partial charge in [-0.05, 0) is 74.9 Å². The number of benzene rings is 1. The predicted octanol–water partition coefficient (Wildman–Crippen LogP) is 1.76. The molecule has 2 saturated heterocycles. The van der Waals surface area contributed by atoms with Gasteiger partial charge in [-0.2, -0.15) is 4.31 Å². The van der Waals surface area contributed by atoms with Gasteiger partial charge < -0.3 is 5.32 Å². The van der Waals surface area contributed by atoms with Gasteiger partial charge in [-0.3, -0.25) is 0 Å². The largest absolute Gasteiger partial charge is 0.316 e. The van der Waals surface area contributed by atoms with Crippen LogP contribution in [0.1, 0.15) is 22.3 Å². The third-order valence-electron chi connectivity index (χ3n) is 5.25. The number of hydrogen-bond donors (Lipinski definition) is 1. The Morgan fingerprint density at radius 2 is 1.48 bits per heavy atom. The zero-order valence-electron chi connectivity index (χ0n) is 13.2. The molecule has 0 bridgehead atoms. The smallest absolute Gasteiger partial charge is 0.243 e. The molecule has 0 saturated carbocycles. The van der Waals surface area contributed by atoms with Gasteiger partial charge >= 0.3 is 0 Å². The van der Waals surface area contributed by atoms with Gasteiger partial charge in [0.1, 0.15) is 0 Å². The third kappa shape index (κ3) is 2.31. The fraction of sp³-hybridized carbons (Fsp3) is 0.625. The van der Waals surface area contributed by atoms with Crippen molar-refractivity contribution in [1.29, 1.82) is 0 Å². The Balaban J connectivity index is 2.04. The molecule has 0 aromatic heterocycles. The molecule has 2 aliphatic heterocycles. The molecule has 1 aromatic rings. The number of rotatable bonds is 2. The molecule has 1 N–H and O–H groups in total. The number of hydrogen-bond acceptors (Lipinski definition) is 3. The van der Waals surface area contributed by atoms with E-state index in [2.05, 4.69) is 11.4 Å². The van der Waals surface area contributed by atoms with Crippen molar-refractivity contribution in [2.45, 2.75) is 32.6 Å². The van der Waals surface area contributed by atoms with Gasteiger partial charge in [0.05, 0.1) is 4.90 Å². The van der Waals surface area contributed by atoms with Crippen LogP contribution >= 0.6 is 0 Å². The lowest BCUT2D eigenvalue weighted by Crippen LogP contribution is -2.33. The van der Waals surface area contributed by atoms with E-state index in [1.165, 1.54) is 0 Å². The van der Waals surface area contributed by atoms with Gasteiger partial charge in [-0.25, -0.2) is 8.42 Å². The first-order chi connectivity index (χ1) is 9.82. The van der Waals surface area contributed by atoms with E-state index in [4.69, 9.17) is 0 Å². The van der Waals surface area contributed by atoms with Crippen LogP contribution in [0.4, 0.5) is 0 Å². The van der Waals surface area contributed by atoms with Gasteiger partial charge in [-0.15, -0.1) is 0 Å². The fourth-order valence-corrected chi connectivity index (χ4v) is 5.83. The van der Waals surface area contributed by atoms with Gasteiger partial charge in [0.15, 0.2) is 0 Å². The molecule has 0 aliphatic carbocycles. The first kappa shape index (κ1) is 15.0. The molecule has 3 rings (SSSR count). The zero-order chi connectivity index (χ0) is 15.4. The van der Waals surface area contributed by atoms with Crippen LogP contribution in [0.2, 0.25) is 0 Å². The summed E-state index contributed by atoms with van der Waals surface area (Å²) in [5, 5.41) is 3.36. The molecular weight excluding hydrogens is 284 g/mol. The number of fused-ring (bicyclic) bond motifs is 1. The topological polar surface area (TPSA) is 49.4 Å². The summed E-state index contributed by atoms with van der Waals surface area (Å²) in [5.74, 6) is 0.956. The maximum absolute atomic E-state index is 13.1. The monoisotopic (exact) mass is 308 g/mol. The lowest BCUT2D eigenvalue weighted by molar-refractivity contribution is 0.447. The molecule has 0 radical (unpaired) electrons. The number of nitrogens with zero attached hydrogens (tertiary/aromatic N) is 1. The van der Waals surface area contributed by atoms with Crippen LogP contribution in [0.15, 0.2) is 11.0 Å². The first-order valence-corrected chi connectivity index (χ1v) is 9.04. The summed E-state index contributed by atoms with van der Waals surface area (Å²) in [7, 11) is -3.38. The van der Waals surface area contributed by atoms with Crippen molar-refractivity contribution < 1.29 is 8.42 Å². The molecule has 21 heavy (non-hydrogen) atoms. The normalized spacial score (nSPS) is 26.3. The fourth-order valence-electron chi connectivity index (χ4n) is 3.71. The maximum atomic E-state index is 13.1. The maximum Gasteiger partial charge on any atom is 0.243 e. The minimum Gasteiger partial charge on any atom is -0.316 e. The van der Waals surface area contributed by atoms with Crippen LogP contribution in [0.5, 0.6) is 0 Å². The Morgan fingerprint density at radius 3 is 1.95 bits per heavy atom. The predicted molar refractivity (Wildman–Crippen MR) is 84.0 cm³/mol. The highest BCUT2D eigenvalue weighted by molar-refractivity contribution is 7.89. The second-order valence-electron chi connectivity index (χ2n) is 6.59. The van der Waals surface area contributed by atoms with E-state index < -0.39 is 10.0 Å². The molecule has 2 aliphatic rings. The highest BCUT2D eigenvalue weighted by Crippen LogP contribution is 2.34. The Bertz CT molecular complexity index is 644. The Hall–Kier alpha value is -0.910. The van der Waals surface area contributed by atoms with Crippen molar-refractivity contribution in [2.24, 2.45) is 11.8 Å². The van der Waals surface area contributed by atoms with Crippen molar-refractivity contribution in [1.82, 2.24) is 9.62 Å². The van der Waals surface area contributed by atoms with Crippen LogP contribution in [0.3, 0.4) is 0 Å². The van der Waals surface area contributed by atoms with E-state index >= 15 is 0 Å². The summed E-state index contributed by atoms with van der Waals surface area (Å²) in [4.78, 5) is 0.535. The summed E-state index contributed by atoms with van der Waals surface area (Å²) in [6, 6.07) is 2.08. The summed E-state index contributed by atoms with van der Waals surface area (Å²) in [6.07, 6.45) is 0. The van der Waals surface area contributed by atoms with Crippen molar-refractivity contribution in [3.63, 3.8) is 0 Å². The molecule has 116 valence electrons. The van der Waals surface area contributed by atoms with Gasteiger partial charge in [0.25, 0.3) is 0 Å². The van der Waals surface area contributed by atoms with E-state index in [9.17, 15) is 8.42 Å². The van der Waals surface area contributed by atoms with E-state index in [0.717, 1.165) is 35.3 Å². The average Bonchev–Trinajstić information content (AvgIpc) is 2.97. The molecule has 5 heteroatoms. The minimum absolute atomic E-state index is 0.478. The molecule has 4 nitrogen and oxygen atoms in total. The molecular formula is C16H24N2O2S. The van der Waals surface area contributed by atoms with Crippen molar-refractivity contribution in [3.05, 3.63) is 28.3 Å². The summed E-state index contributed by atoms with van der Waals surface area (Å²) in [5.41, 5.74) is 3.90. The molecule has 1 aromatic carbocycles. The molecule has 0 spiro atoms. The van der Waals surface area contributed by atoms with E-state index in [1.807, 2.05) is 27.7 Å². The third-order valence-corrected chi connectivity index (χ3v) is 7.36.